The summed E-state index contributed by atoms with van der Waals surface area (Å²) in [4.78, 5) is 37.9. The van der Waals surface area contributed by atoms with Gasteiger partial charge in [-0.25, -0.2) is 0 Å². The van der Waals surface area contributed by atoms with Gasteiger partial charge in [0.15, 0.2) is 6.10 Å². The molecule has 0 aromatic carbocycles. The molecular weight excluding hydrogens is 829 g/mol. The predicted molar refractivity (Wildman–Crippen MR) is 288 cm³/mol. The molecule has 0 aromatic rings. The Morgan fingerprint density at radius 3 is 0.910 bits per heavy atom. The van der Waals surface area contributed by atoms with Crippen LogP contribution in [0.1, 0.15) is 239 Å². The largest absolute Gasteiger partial charge is 0.462 e. The standard InChI is InChI=1S/C61H100O6/c1-4-7-10-13-16-18-20-22-24-26-28-29-30-31-33-34-36-38-40-42-45-48-51-54-60(63)66-57-58(56-65-59(62)53-50-47-44-15-12-9-6-3)67-61(64)55-52-49-46-43-41-39-37-35-32-27-25-23-21-19-17-14-11-8-5-2/h7-8,10-11,16-19,22-25,28-29,31-33,35,58H,4-6,9,12-15,20-21,26-27,30,34,36-57H2,1-3H3/b10-7-,11-8-,18-16-,19-17-,24-22-,25-23-,29-28-,33-31-,35-32-. The van der Waals surface area contributed by atoms with E-state index in [-0.39, 0.29) is 31.1 Å². The first-order valence-corrected chi connectivity index (χ1v) is 27.4. The highest BCUT2D eigenvalue weighted by Crippen LogP contribution is 2.14. The summed E-state index contributed by atoms with van der Waals surface area (Å²) in [5.74, 6) is -0.923. The van der Waals surface area contributed by atoms with Crippen molar-refractivity contribution in [3.05, 3.63) is 109 Å². The first-order chi connectivity index (χ1) is 33.0. The molecule has 0 aliphatic rings. The van der Waals surface area contributed by atoms with E-state index in [0.717, 1.165) is 135 Å². The van der Waals surface area contributed by atoms with Crippen LogP contribution in [0.3, 0.4) is 0 Å². The Balaban J connectivity index is 4.28. The van der Waals surface area contributed by atoms with Crippen LogP contribution < -0.4 is 0 Å². The SMILES string of the molecule is CC/C=C\C/C=C\C/C=C\C/C=C\C/C=C\CCCCCCCCCC(=O)OCC(COC(=O)CCCCCCCCC)OC(=O)CCCCCCCC/C=C\C/C=C\C/C=C\C/C=C\CC. The summed E-state index contributed by atoms with van der Waals surface area (Å²) in [5.41, 5.74) is 0. The number of rotatable bonds is 48. The van der Waals surface area contributed by atoms with Crippen molar-refractivity contribution in [2.45, 2.75) is 245 Å². The molecule has 380 valence electrons. The highest BCUT2D eigenvalue weighted by molar-refractivity contribution is 5.71. The number of carbonyl (C=O) groups excluding carboxylic acids is 3. The van der Waals surface area contributed by atoms with E-state index < -0.39 is 6.10 Å². The van der Waals surface area contributed by atoms with Gasteiger partial charge in [-0.15, -0.1) is 0 Å². The van der Waals surface area contributed by atoms with Gasteiger partial charge in [0.2, 0.25) is 0 Å². The van der Waals surface area contributed by atoms with Gasteiger partial charge in [0, 0.05) is 19.3 Å². The minimum Gasteiger partial charge on any atom is -0.462 e. The Hall–Kier alpha value is -3.93. The third kappa shape index (κ3) is 52.9. The van der Waals surface area contributed by atoms with Crippen LogP contribution in [0.4, 0.5) is 0 Å². The lowest BCUT2D eigenvalue weighted by Crippen LogP contribution is -2.30. The summed E-state index contributed by atoms with van der Waals surface area (Å²) >= 11 is 0. The molecule has 0 heterocycles. The zero-order valence-corrected chi connectivity index (χ0v) is 43.4. The molecule has 1 unspecified atom stereocenters. The molecule has 0 saturated carbocycles. The van der Waals surface area contributed by atoms with Gasteiger partial charge in [-0.05, 0) is 103 Å². The number of carbonyl (C=O) groups is 3. The van der Waals surface area contributed by atoms with E-state index in [9.17, 15) is 14.4 Å². The number of ether oxygens (including phenoxy) is 3. The Labute approximate surface area is 412 Å². The molecule has 0 rings (SSSR count). The maximum atomic E-state index is 12.8. The van der Waals surface area contributed by atoms with Crippen LogP contribution >= 0.6 is 0 Å². The van der Waals surface area contributed by atoms with Crippen molar-refractivity contribution < 1.29 is 28.6 Å². The van der Waals surface area contributed by atoms with Crippen LogP contribution in [0, 0.1) is 0 Å². The topological polar surface area (TPSA) is 78.9 Å². The Morgan fingerprint density at radius 2 is 0.582 bits per heavy atom. The quantitative estimate of drug-likeness (QED) is 0.0262. The fraction of sp³-hybridized carbons (Fsp3) is 0.656. The van der Waals surface area contributed by atoms with Crippen molar-refractivity contribution in [2.24, 2.45) is 0 Å². The normalized spacial score (nSPS) is 12.9. The lowest BCUT2D eigenvalue weighted by atomic mass is 10.1. The van der Waals surface area contributed by atoms with Gasteiger partial charge < -0.3 is 14.2 Å². The van der Waals surface area contributed by atoms with E-state index >= 15 is 0 Å². The molecule has 1 atom stereocenters. The summed E-state index contributed by atoms with van der Waals surface area (Å²) in [6.07, 6.45) is 73.8. The van der Waals surface area contributed by atoms with Crippen LogP contribution in [0.15, 0.2) is 109 Å². The highest BCUT2D eigenvalue weighted by atomic mass is 16.6. The second-order valence-corrected chi connectivity index (χ2v) is 17.7. The van der Waals surface area contributed by atoms with Gasteiger partial charge in [-0.3, -0.25) is 14.4 Å². The molecule has 67 heavy (non-hydrogen) atoms. The van der Waals surface area contributed by atoms with Gasteiger partial charge >= 0.3 is 17.9 Å². The van der Waals surface area contributed by atoms with Crippen LogP contribution in [0.5, 0.6) is 0 Å². The van der Waals surface area contributed by atoms with Gasteiger partial charge in [-0.1, -0.05) is 226 Å². The minimum atomic E-state index is -0.789. The first kappa shape index (κ1) is 63.1. The van der Waals surface area contributed by atoms with Gasteiger partial charge in [-0.2, -0.15) is 0 Å². The van der Waals surface area contributed by atoms with E-state index in [1.54, 1.807) is 0 Å². The lowest BCUT2D eigenvalue weighted by molar-refractivity contribution is -0.167. The first-order valence-electron chi connectivity index (χ1n) is 27.4. The molecule has 0 amide bonds. The maximum absolute atomic E-state index is 12.8. The summed E-state index contributed by atoms with van der Waals surface area (Å²) in [6, 6.07) is 0. The van der Waals surface area contributed by atoms with E-state index in [1.807, 2.05) is 0 Å². The third-order valence-corrected chi connectivity index (χ3v) is 11.3. The highest BCUT2D eigenvalue weighted by Gasteiger charge is 2.19. The second kappa shape index (κ2) is 54.7. The van der Waals surface area contributed by atoms with E-state index in [0.29, 0.717) is 19.3 Å². The number of hydrogen-bond donors (Lipinski definition) is 0. The van der Waals surface area contributed by atoms with Crippen LogP contribution in [-0.4, -0.2) is 37.2 Å². The fourth-order valence-corrected chi connectivity index (χ4v) is 7.22. The number of unbranched alkanes of at least 4 members (excludes halogenated alkanes) is 19. The van der Waals surface area contributed by atoms with Gasteiger partial charge in [0.05, 0.1) is 0 Å². The molecule has 0 N–H and O–H groups in total. The average molecular weight is 929 g/mol. The summed E-state index contributed by atoms with van der Waals surface area (Å²) in [5, 5.41) is 0. The zero-order chi connectivity index (χ0) is 48.6. The Kier molecular flexibility index (Phi) is 51.5. The second-order valence-electron chi connectivity index (χ2n) is 17.7. The molecule has 0 saturated heterocycles. The summed E-state index contributed by atoms with van der Waals surface area (Å²) in [6.45, 7) is 6.34. The molecule has 6 heteroatoms. The number of esters is 3. The van der Waals surface area contributed by atoms with Crippen molar-refractivity contribution in [1.82, 2.24) is 0 Å². The van der Waals surface area contributed by atoms with Crippen molar-refractivity contribution in [3.8, 4) is 0 Å². The van der Waals surface area contributed by atoms with Crippen LogP contribution in [0.25, 0.3) is 0 Å². The molecule has 0 aromatic heterocycles. The molecular formula is C61H100O6. The van der Waals surface area contributed by atoms with Crippen LogP contribution in [0.2, 0.25) is 0 Å². The summed E-state index contributed by atoms with van der Waals surface area (Å²) in [7, 11) is 0. The molecule has 0 radical (unpaired) electrons. The van der Waals surface area contributed by atoms with Crippen molar-refractivity contribution >= 4 is 17.9 Å². The molecule has 0 bridgehead atoms. The van der Waals surface area contributed by atoms with E-state index in [1.165, 1.54) is 64.2 Å². The van der Waals surface area contributed by atoms with Crippen molar-refractivity contribution in [1.29, 1.82) is 0 Å². The predicted octanol–water partition coefficient (Wildman–Crippen LogP) is 18.3. The minimum absolute atomic E-state index is 0.0886. The average Bonchev–Trinajstić information content (AvgIpc) is 3.33. The molecule has 0 fully saturated rings. The molecule has 0 aliphatic carbocycles. The molecule has 0 spiro atoms. The molecule has 0 aliphatic heterocycles. The lowest BCUT2D eigenvalue weighted by Gasteiger charge is -2.18. The fourth-order valence-electron chi connectivity index (χ4n) is 7.22. The van der Waals surface area contributed by atoms with Gasteiger partial charge in [0.1, 0.15) is 13.2 Å². The third-order valence-electron chi connectivity index (χ3n) is 11.3. The number of allylic oxidation sites excluding steroid dienone is 18. The smallest absolute Gasteiger partial charge is 0.306 e. The van der Waals surface area contributed by atoms with Crippen LogP contribution in [-0.2, 0) is 28.6 Å². The molecule has 6 nitrogen and oxygen atoms in total. The Bertz CT molecular complexity index is 1390. The van der Waals surface area contributed by atoms with Crippen molar-refractivity contribution in [2.75, 3.05) is 13.2 Å². The van der Waals surface area contributed by atoms with E-state index in [4.69, 9.17) is 14.2 Å². The van der Waals surface area contributed by atoms with Gasteiger partial charge in [0.25, 0.3) is 0 Å². The van der Waals surface area contributed by atoms with E-state index in [2.05, 4.69) is 130 Å². The monoisotopic (exact) mass is 929 g/mol. The number of hydrogen-bond acceptors (Lipinski definition) is 6. The summed E-state index contributed by atoms with van der Waals surface area (Å²) < 4.78 is 16.7. The van der Waals surface area contributed by atoms with Crippen molar-refractivity contribution in [3.63, 3.8) is 0 Å². The maximum Gasteiger partial charge on any atom is 0.306 e. The zero-order valence-electron chi connectivity index (χ0n) is 43.4. The Morgan fingerprint density at radius 1 is 0.313 bits per heavy atom.